The molecule has 0 saturated carbocycles. The SMILES string of the molecule is CCCCSCCC(NC(=O)C(C)C(=O)O)C(=O)O. The van der Waals surface area contributed by atoms with Crippen LogP contribution in [0.3, 0.4) is 0 Å². The molecule has 0 saturated heterocycles. The summed E-state index contributed by atoms with van der Waals surface area (Å²) in [5.41, 5.74) is 0. The van der Waals surface area contributed by atoms with E-state index in [0.29, 0.717) is 12.2 Å². The number of aliphatic carboxylic acids is 2. The number of thioether (sulfide) groups is 1. The van der Waals surface area contributed by atoms with E-state index in [2.05, 4.69) is 12.2 Å². The molecule has 7 heteroatoms. The van der Waals surface area contributed by atoms with Crippen LogP contribution in [0.5, 0.6) is 0 Å². The fourth-order valence-electron chi connectivity index (χ4n) is 1.22. The van der Waals surface area contributed by atoms with Gasteiger partial charge in [-0.3, -0.25) is 9.59 Å². The topological polar surface area (TPSA) is 104 Å². The molecule has 0 aromatic carbocycles. The molecular formula is C12H21NO5S. The highest BCUT2D eigenvalue weighted by Crippen LogP contribution is 2.09. The fraction of sp³-hybridized carbons (Fsp3) is 0.750. The minimum atomic E-state index is -1.26. The number of hydrogen-bond donors (Lipinski definition) is 3. The molecular weight excluding hydrogens is 270 g/mol. The van der Waals surface area contributed by atoms with Gasteiger partial charge >= 0.3 is 11.9 Å². The van der Waals surface area contributed by atoms with Crippen molar-refractivity contribution in [2.75, 3.05) is 11.5 Å². The van der Waals surface area contributed by atoms with E-state index >= 15 is 0 Å². The van der Waals surface area contributed by atoms with E-state index in [9.17, 15) is 14.4 Å². The second kappa shape index (κ2) is 9.66. The van der Waals surface area contributed by atoms with E-state index in [1.165, 1.54) is 6.92 Å². The number of nitrogens with one attached hydrogen (secondary N) is 1. The largest absolute Gasteiger partial charge is 0.481 e. The quantitative estimate of drug-likeness (QED) is 0.413. The van der Waals surface area contributed by atoms with Crippen LogP contribution in [-0.4, -0.2) is 45.6 Å². The zero-order valence-corrected chi connectivity index (χ0v) is 12.0. The van der Waals surface area contributed by atoms with Crippen LogP contribution in [0, 0.1) is 5.92 Å². The van der Waals surface area contributed by atoms with Gasteiger partial charge in [-0.1, -0.05) is 13.3 Å². The minimum Gasteiger partial charge on any atom is -0.481 e. The predicted octanol–water partition coefficient (Wildman–Crippen LogP) is 1.20. The first-order chi connectivity index (χ1) is 8.90. The van der Waals surface area contributed by atoms with E-state index in [4.69, 9.17) is 10.2 Å². The molecule has 2 unspecified atom stereocenters. The van der Waals surface area contributed by atoms with Gasteiger partial charge in [0.25, 0.3) is 0 Å². The van der Waals surface area contributed by atoms with Crippen LogP contribution < -0.4 is 5.32 Å². The standard InChI is InChI=1S/C12H21NO5S/c1-3-4-6-19-7-5-9(12(17)18)13-10(14)8(2)11(15)16/h8-9H,3-7H2,1-2H3,(H,13,14)(H,15,16)(H,17,18). The Kier molecular flexibility index (Phi) is 9.03. The molecule has 2 atom stereocenters. The van der Waals surface area contributed by atoms with Crippen LogP contribution in [0.25, 0.3) is 0 Å². The molecule has 3 N–H and O–H groups in total. The van der Waals surface area contributed by atoms with Crippen molar-refractivity contribution in [3.05, 3.63) is 0 Å². The van der Waals surface area contributed by atoms with Gasteiger partial charge in [-0.05, 0) is 31.3 Å². The number of unbranched alkanes of at least 4 members (excludes halogenated alkanes) is 1. The van der Waals surface area contributed by atoms with Crippen LogP contribution >= 0.6 is 11.8 Å². The molecule has 0 radical (unpaired) electrons. The summed E-state index contributed by atoms with van der Waals surface area (Å²) < 4.78 is 0. The summed E-state index contributed by atoms with van der Waals surface area (Å²) in [5, 5.41) is 19.9. The number of carbonyl (C=O) groups is 3. The highest BCUT2D eigenvalue weighted by atomic mass is 32.2. The maximum absolute atomic E-state index is 11.5. The Morgan fingerprint density at radius 1 is 1.16 bits per heavy atom. The molecule has 0 fully saturated rings. The molecule has 0 aliphatic carbocycles. The summed E-state index contributed by atoms with van der Waals surface area (Å²) in [6.45, 7) is 3.31. The van der Waals surface area contributed by atoms with Gasteiger partial charge in [-0.15, -0.1) is 0 Å². The van der Waals surface area contributed by atoms with Crippen LogP contribution in [-0.2, 0) is 14.4 Å². The Balaban J connectivity index is 4.16. The Labute approximate surface area is 116 Å². The molecule has 0 aliphatic heterocycles. The molecule has 0 spiro atoms. The third-order valence-electron chi connectivity index (χ3n) is 2.57. The fourth-order valence-corrected chi connectivity index (χ4v) is 2.32. The van der Waals surface area contributed by atoms with Gasteiger partial charge in [0.1, 0.15) is 12.0 Å². The Morgan fingerprint density at radius 3 is 2.26 bits per heavy atom. The van der Waals surface area contributed by atoms with Crippen LogP contribution in [0.1, 0.15) is 33.1 Å². The Hall–Kier alpha value is -1.24. The van der Waals surface area contributed by atoms with Crippen LogP contribution in [0.15, 0.2) is 0 Å². The number of carboxylic acid groups (broad SMARTS) is 2. The third kappa shape index (κ3) is 7.71. The molecule has 0 heterocycles. The zero-order chi connectivity index (χ0) is 14.8. The maximum Gasteiger partial charge on any atom is 0.326 e. The molecule has 6 nitrogen and oxygen atoms in total. The van der Waals surface area contributed by atoms with E-state index in [0.717, 1.165) is 18.6 Å². The second-order valence-electron chi connectivity index (χ2n) is 4.21. The third-order valence-corrected chi connectivity index (χ3v) is 3.67. The summed E-state index contributed by atoms with van der Waals surface area (Å²) in [6, 6.07) is -1.02. The monoisotopic (exact) mass is 291 g/mol. The molecule has 0 aliphatic rings. The highest BCUT2D eigenvalue weighted by molar-refractivity contribution is 7.99. The van der Waals surface area contributed by atoms with Crippen molar-refractivity contribution in [3.63, 3.8) is 0 Å². The normalized spacial score (nSPS) is 13.6. The Morgan fingerprint density at radius 2 is 1.79 bits per heavy atom. The van der Waals surface area contributed by atoms with Crippen molar-refractivity contribution in [1.29, 1.82) is 0 Å². The highest BCUT2D eigenvalue weighted by Gasteiger charge is 2.26. The molecule has 110 valence electrons. The molecule has 1 amide bonds. The van der Waals surface area contributed by atoms with Gasteiger partial charge in [0, 0.05) is 0 Å². The van der Waals surface area contributed by atoms with E-state index in [1.54, 1.807) is 11.8 Å². The number of hydrogen-bond acceptors (Lipinski definition) is 4. The van der Waals surface area contributed by atoms with Gasteiger partial charge in [-0.2, -0.15) is 11.8 Å². The number of carbonyl (C=O) groups excluding carboxylic acids is 1. The average molecular weight is 291 g/mol. The van der Waals surface area contributed by atoms with E-state index in [1.807, 2.05) is 0 Å². The van der Waals surface area contributed by atoms with Gasteiger partial charge in [0.05, 0.1) is 0 Å². The van der Waals surface area contributed by atoms with E-state index in [-0.39, 0.29) is 0 Å². The molecule has 0 aromatic heterocycles. The van der Waals surface area contributed by atoms with Gasteiger partial charge in [-0.25, -0.2) is 4.79 Å². The van der Waals surface area contributed by atoms with Crippen LogP contribution in [0.2, 0.25) is 0 Å². The van der Waals surface area contributed by atoms with Gasteiger partial charge in [0.15, 0.2) is 0 Å². The summed E-state index contributed by atoms with van der Waals surface area (Å²) in [7, 11) is 0. The first-order valence-corrected chi connectivity index (χ1v) is 7.39. The molecule has 0 bridgehead atoms. The summed E-state index contributed by atoms with van der Waals surface area (Å²) in [5.74, 6) is -2.82. The Bertz CT molecular complexity index is 321. The molecule has 19 heavy (non-hydrogen) atoms. The number of amides is 1. The van der Waals surface area contributed by atoms with Crippen molar-refractivity contribution in [2.24, 2.45) is 5.92 Å². The van der Waals surface area contributed by atoms with Gasteiger partial charge in [0.2, 0.25) is 5.91 Å². The zero-order valence-electron chi connectivity index (χ0n) is 11.2. The lowest BCUT2D eigenvalue weighted by Crippen LogP contribution is -2.45. The summed E-state index contributed by atoms with van der Waals surface area (Å²) in [4.78, 5) is 33.1. The number of carboxylic acids is 2. The van der Waals surface area contributed by atoms with E-state index < -0.39 is 29.8 Å². The van der Waals surface area contributed by atoms with Crippen molar-refractivity contribution >= 4 is 29.6 Å². The lowest BCUT2D eigenvalue weighted by atomic mass is 10.1. The second-order valence-corrected chi connectivity index (χ2v) is 5.44. The maximum atomic E-state index is 11.5. The van der Waals surface area contributed by atoms with Crippen molar-refractivity contribution in [3.8, 4) is 0 Å². The summed E-state index contributed by atoms with van der Waals surface area (Å²) in [6.07, 6.45) is 2.45. The van der Waals surface area contributed by atoms with Gasteiger partial charge < -0.3 is 15.5 Å². The van der Waals surface area contributed by atoms with Crippen molar-refractivity contribution in [1.82, 2.24) is 5.32 Å². The lowest BCUT2D eigenvalue weighted by Gasteiger charge is -2.15. The lowest BCUT2D eigenvalue weighted by molar-refractivity contribution is -0.149. The molecule has 0 aromatic rings. The predicted molar refractivity (Wildman–Crippen MR) is 73.2 cm³/mol. The summed E-state index contributed by atoms with van der Waals surface area (Å²) >= 11 is 1.63. The van der Waals surface area contributed by atoms with Crippen molar-refractivity contribution < 1.29 is 24.6 Å². The first-order valence-electron chi connectivity index (χ1n) is 6.23. The molecule has 0 rings (SSSR count). The first kappa shape index (κ1) is 17.8. The average Bonchev–Trinajstić information content (AvgIpc) is 2.35. The van der Waals surface area contributed by atoms with Crippen molar-refractivity contribution in [2.45, 2.75) is 39.2 Å². The minimum absolute atomic E-state index is 0.293. The smallest absolute Gasteiger partial charge is 0.326 e. The van der Waals surface area contributed by atoms with Crippen LogP contribution in [0.4, 0.5) is 0 Å². The number of rotatable bonds is 10.